The fourth-order valence-electron chi connectivity index (χ4n) is 2.14. The number of benzene rings is 1. The number of halogens is 2. The van der Waals surface area contributed by atoms with Crippen LogP contribution < -0.4 is 0 Å². The number of hydrogen-bond acceptors (Lipinski definition) is 1. The molecule has 0 N–H and O–H groups in total. The van der Waals surface area contributed by atoms with Gasteiger partial charge in [-0.25, -0.2) is 4.39 Å². The number of rotatable bonds is 3. The Labute approximate surface area is 112 Å². The first-order valence-corrected chi connectivity index (χ1v) is 6.32. The number of hydrogen-bond donors (Lipinski definition) is 0. The average molecular weight is 264 g/mol. The van der Waals surface area contributed by atoms with Crippen LogP contribution in [0.15, 0.2) is 42.6 Å². The van der Waals surface area contributed by atoms with Gasteiger partial charge in [0.25, 0.3) is 0 Å². The molecule has 2 aromatic rings. The zero-order chi connectivity index (χ0) is 13.1. The van der Waals surface area contributed by atoms with Crippen molar-refractivity contribution in [1.82, 2.24) is 4.98 Å². The first-order chi connectivity index (χ1) is 8.58. The molecule has 1 aromatic heterocycles. The third-order valence-electron chi connectivity index (χ3n) is 2.96. The molecule has 0 aliphatic rings. The minimum atomic E-state index is -0.308. The number of aromatic nitrogens is 1. The van der Waals surface area contributed by atoms with Crippen molar-refractivity contribution in [3.05, 3.63) is 64.7 Å². The lowest BCUT2D eigenvalue weighted by Gasteiger charge is -2.21. The van der Waals surface area contributed by atoms with Crippen molar-refractivity contribution >= 4 is 11.6 Å². The molecule has 1 nitrogen and oxygen atoms in total. The molecule has 1 aromatic carbocycles. The lowest BCUT2D eigenvalue weighted by atomic mass is 9.85. The molecule has 94 valence electrons. The van der Waals surface area contributed by atoms with Crippen LogP contribution in [-0.2, 0) is 0 Å². The van der Waals surface area contributed by atoms with Crippen LogP contribution in [0, 0.1) is 11.7 Å². The summed E-state index contributed by atoms with van der Waals surface area (Å²) in [5.74, 6) is 0.226. The SMILES string of the molecule is CC(C)C(c1ccc(Cl)cc1)c1ccc(F)cn1. The van der Waals surface area contributed by atoms with Gasteiger partial charge in [-0.3, -0.25) is 4.98 Å². The molecule has 0 saturated heterocycles. The van der Waals surface area contributed by atoms with Gasteiger partial charge in [0.05, 0.1) is 6.20 Å². The maximum atomic E-state index is 12.9. The maximum absolute atomic E-state index is 12.9. The minimum absolute atomic E-state index is 0.155. The lowest BCUT2D eigenvalue weighted by Crippen LogP contribution is -2.10. The average Bonchev–Trinajstić information content (AvgIpc) is 2.34. The first kappa shape index (κ1) is 13.0. The van der Waals surface area contributed by atoms with Crippen molar-refractivity contribution in [1.29, 1.82) is 0 Å². The van der Waals surface area contributed by atoms with E-state index in [-0.39, 0.29) is 11.7 Å². The van der Waals surface area contributed by atoms with Crippen molar-refractivity contribution < 1.29 is 4.39 Å². The van der Waals surface area contributed by atoms with Crippen LogP contribution in [0.25, 0.3) is 0 Å². The predicted molar refractivity (Wildman–Crippen MR) is 72.3 cm³/mol. The Morgan fingerprint density at radius 1 is 1.06 bits per heavy atom. The second kappa shape index (κ2) is 5.49. The van der Waals surface area contributed by atoms with E-state index in [0.717, 1.165) is 11.3 Å². The van der Waals surface area contributed by atoms with E-state index in [0.29, 0.717) is 10.9 Å². The van der Waals surface area contributed by atoms with E-state index in [1.54, 1.807) is 6.07 Å². The third kappa shape index (κ3) is 2.88. The Morgan fingerprint density at radius 3 is 2.22 bits per heavy atom. The summed E-state index contributed by atoms with van der Waals surface area (Å²) in [4.78, 5) is 4.19. The Kier molecular flexibility index (Phi) is 3.97. The Hall–Kier alpha value is -1.41. The summed E-state index contributed by atoms with van der Waals surface area (Å²) in [6, 6.07) is 10.9. The number of pyridine rings is 1. The molecule has 18 heavy (non-hydrogen) atoms. The van der Waals surface area contributed by atoms with Crippen LogP contribution in [0.1, 0.15) is 31.0 Å². The van der Waals surface area contributed by atoms with E-state index in [1.165, 1.54) is 12.3 Å². The predicted octanol–water partition coefficient (Wildman–Crippen LogP) is 4.66. The van der Waals surface area contributed by atoms with Gasteiger partial charge in [0.1, 0.15) is 5.82 Å². The minimum Gasteiger partial charge on any atom is -0.258 e. The van der Waals surface area contributed by atoms with Gasteiger partial charge in [0, 0.05) is 16.6 Å². The zero-order valence-corrected chi connectivity index (χ0v) is 11.2. The fourth-order valence-corrected chi connectivity index (χ4v) is 2.26. The quantitative estimate of drug-likeness (QED) is 0.785. The topological polar surface area (TPSA) is 12.9 Å². The molecular formula is C15H15ClFN. The summed E-state index contributed by atoms with van der Waals surface area (Å²) in [7, 11) is 0. The summed E-state index contributed by atoms with van der Waals surface area (Å²) in [6.07, 6.45) is 1.26. The van der Waals surface area contributed by atoms with Crippen molar-refractivity contribution in [2.24, 2.45) is 5.92 Å². The molecule has 0 aliphatic carbocycles. The Bertz CT molecular complexity index is 460. The molecule has 0 fully saturated rings. The van der Waals surface area contributed by atoms with Crippen LogP contribution in [-0.4, -0.2) is 4.98 Å². The molecule has 2 rings (SSSR count). The highest BCUT2D eigenvalue weighted by atomic mass is 35.5. The lowest BCUT2D eigenvalue weighted by molar-refractivity contribution is 0.546. The smallest absolute Gasteiger partial charge is 0.141 e. The standard InChI is InChI=1S/C15H15ClFN/c1-10(2)15(11-3-5-12(16)6-4-11)14-8-7-13(17)9-18-14/h3-10,15H,1-2H3. The maximum Gasteiger partial charge on any atom is 0.141 e. The van der Waals surface area contributed by atoms with Gasteiger partial charge in [0.15, 0.2) is 0 Å². The van der Waals surface area contributed by atoms with E-state index < -0.39 is 0 Å². The van der Waals surface area contributed by atoms with Gasteiger partial charge in [-0.15, -0.1) is 0 Å². The van der Waals surface area contributed by atoms with Crippen LogP contribution in [0.4, 0.5) is 4.39 Å². The Balaban J connectivity index is 2.39. The van der Waals surface area contributed by atoms with Crippen molar-refractivity contribution in [3.8, 4) is 0 Å². The highest BCUT2D eigenvalue weighted by Gasteiger charge is 2.19. The zero-order valence-electron chi connectivity index (χ0n) is 10.4. The highest BCUT2D eigenvalue weighted by molar-refractivity contribution is 6.30. The monoisotopic (exact) mass is 263 g/mol. The van der Waals surface area contributed by atoms with E-state index in [2.05, 4.69) is 18.8 Å². The molecule has 0 radical (unpaired) electrons. The van der Waals surface area contributed by atoms with Gasteiger partial charge in [-0.1, -0.05) is 37.6 Å². The third-order valence-corrected chi connectivity index (χ3v) is 3.22. The van der Waals surface area contributed by atoms with Crippen molar-refractivity contribution in [3.63, 3.8) is 0 Å². The van der Waals surface area contributed by atoms with Gasteiger partial charge in [-0.05, 0) is 35.7 Å². The normalized spacial score (nSPS) is 12.7. The summed E-state index contributed by atoms with van der Waals surface area (Å²) < 4.78 is 12.9. The fraction of sp³-hybridized carbons (Fsp3) is 0.267. The van der Waals surface area contributed by atoms with E-state index >= 15 is 0 Å². The summed E-state index contributed by atoms with van der Waals surface area (Å²) in [5.41, 5.74) is 2.03. The molecule has 0 saturated carbocycles. The molecule has 0 amide bonds. The molecule has 1 heterocycles. The molecule has 1 unspecified atom stereocenters. The van der Waals surface area contributed by atoms with Gasteiger partial charge < -0.3 is 0 Å². The summed E-state index contributed by atoms with van der Waals surface area (Å²) in [6.45, 7) is 4.26. The molecule has 0 bridgehead atoms. The molecule has 0 spiro atoms. The van der Waals surface area contributed by atoms with Crippen LogP contribution in [0.3, 0.4) is 0 Å². The molecule has 3 heteroatoms. The van der Waals surface area contributed by atoms with Gasteiger partial charge in [-0.2, -0.15) is 0 Å². The summed E-state index contributed by atoms with van der Waals surface area (Å²) >= 11 is 5.90. The van der Waals surface area contributed by atoms with E-state index in [4.69, 9.17) is 11.6 Å². The van der Waals surface area contributed by atoms with E-state index in [1.807, 2.05) is 24.3 Å². The van der Waals surface area contributed by atoms with Crippen LogP contribution >= 0.6 is 11.6 Å². The molecule has 0 aliphatic heterocycles. The summed E-state index contributed by atoms with van der Waals surface area (Å²) in [5, 5.41) is 0.716. The van der Waals surface area contributed by atoms with Crippen LogP contribution in [0.2, 0.25) is 5.02 Å². The van der Waals surface area contributed by atoms with Gasteiger partial charge >= 0.3 is 0 Å². The second-order valence-corrected chi connectivity index (χ2v) is 5.11. The highest BCUT2D eigenvalue weighted by Crippen LogP contribution is 2.31. The first-order valence-electron chi connectivity index (χ1n) is 5.95. The largest absolute Gasteiger partial charge is 0.258 e. The Morgan fingerprint density at radius 2 is 1.72 bits per heavy atom. The number of nitrogens with zero attached hydrogens (tertiary/aromatic N) is 1. The molecule has 1 atom stereocenters. The van der Waals surface area contributed by atoms with Gasteiger partial charge in [0.2, 0.25) is 0 Å². The molecular weight excluding hydrogens is 249 g/mol. The van der Waals surface area contributed by atoms with Crippen LogP contribution in [0.5, 0.6) is 0 Å². The van der Waals surface area contributed by atoms with E-state index in [9.17, 15) is 4.39 Å². The van der Waals surface area contributed by atoms with Crippen molar-refractivity contribution in [2.45, 2.75) is 19.8 Å². The van der Waals surface area contributed by atoms with Crippen molar-refractivity contribution in [2.75, 3.05) is 0 Å². The second-order valence-electron chi connectivity index (χ2n) is 4.67.